The van der Waals surface area contributed by atoms with Crippen molar-refractivity contribution < 1.29 is 17.6 Å². The van der Waals surface area contributed by atoms with Crippen LogP contribution < -0.4 is 9.62 Å². The van der Waals surface area contributed by atoms with Gasteiger partial charge in [0.25, 0.3) is 10.0 Å². The minimum Gasteiger partial charge on any atom is -0.325 e. The number of amides is 1. The zero-order valence-corrected chi connectivity index (χ0v) is 22.8. The second kappa shape index (κ2) is 10.4. The van der Waals surface area contributed by atoms with Gasteiger partial charge in [0.05, 0.1) is 29.9 Å². The van der Waals surface area contributed by atoms with Crippen molar-refractivity contribution in [2.75, 3.05) is 15.4 Å². The summed E-state index contributed by atoms with van der Waals surface area (Å²) in [5.74, 6) is -0.718. The quantitative estimate of drug-likeness (QED) is 0.227. The molecule has 7 nitrogen and oxygen atoms in total. The van der Waals surface area contributed by atoms with E-state index in [0.717, 1.165) is 32.9 Å². The van der Waals surface area contributed by atoms with Gasteiger partial charge in [-0.25, -0.2) is 22.8 Å². The maximum Gasteiger partial charge on any atom is 0.268 e. The predicted molar refractivity (Wildman–Crippen MR) is 148 cm³/mol. The van der Waals surface area contributed by atoms with Crippen LogP contribution in [0.4, 0.5) is 15.8 Å². The van der Waals surface area contributed by atoms with Gasteiger partial charge >= 0.3 is 0 Å². The van der Waals surface area contributed by atoms with Gasteiger partial charge < -0.3 is 5.32 Å². The fourth-order valence-electron chi connectivity index (χ4n) is 4.12. The van der Waals surface area contributed by atoms with Crippen LogP contribution in [0.25, 0.3) is 11.3 Å². The van der Waals surface area contributed by atoms with Crippen LogP contribution in [0.5, 0.6) is 0 Å². The lowest BCUT2D eigenvalue weighted by Crippen LogP contribution is -2.34. The number of anilines is 2. The second-order valence-electron chi connectivity index (χ2n) is 8.71. The lowest BCUT2D eigenvalue weighted by atomic mass is 10.1. The fraction of sp³-hybridized carbons (Fsp3) is 0.148. The van der Waals surface area contributed by atoms with Crippen molar-refractivity contribution in [3.05, 3.63) is 94.4 Å². The maximum absolute atomic E-state index is 14.4. The van der Waals surface area contributed by atoms with Gasteiger partial charge in [-0.2, -0.15) is 0 Å². The zero-order chi connectivity index (χ0) is 27.0. The lowest BCUT2D eigenvalue weighted by molar-refractivity contribution is -0.113. The number of sulfonamides is 1. The summed E-state index contributed by atoms with van der Waals surface area (Å²) < 4.78 is 42.8. The van der Waals surface area contributed by atoms with Crippen molar-refractivity contribution in [2.24, 2.45) is 0 Å². The van der Waals surface area contributed by atoms with Crippen molar-refractivity contribution in [3.8, 4) is 11.3 Å². The molecule has 1 N–H and O–H groups in total. The summed E-state index contributed by atoms with van der Waals surface area (Å²) in [7, 11) is -4.11. The van der Waals surface area contributed by atoms with E-state index in [9.17, 15) is 17.6 Å². The molecule has 1 aliphatic rings. The molecule has 5 rings (SSSR count). The van der Waals surface area contributed by atoms with E-state index < -0.39 is 15.8 Å². The molecule has 0 saturated heterocycles. The summed E-state index contributed by atoms with van der Waals surface area (Å²) in [4.78, 5) is 21.2. The van der Waals surface area contributed by atoms with Crippen molar-refractivity contribution in [1.82, 2.24) is 9.97 Å². The first-order valence-electron chi connectivity index (χ1n) is 11.6. The predicted octanol–water partition coefficient (Wildman–Crippen LogP) is 5.99. The van der Waals surface area contributed by atoms with Crippen LogP contribution >= 0.6 is 23.4 Å². The van der Waals surface area contributed by atoms with E-state index >= 15 is 0 Å². The number of hydrogen-bond acceptors (Lipinski definition) is 6. The fourth-order valence-corrected chi connectivity index (χ4v) is 6.46. The third-order valence-electron chi connectivity index (χ3n) is 6.27. The summed E-state index contributed by atoms with van der Waals surface area (Å²) >= 11 is 7.35. The molecule has 0 unspecified atom stereocenters. The Morgan fingerprint density at radius 3 is 2.68 bits per heavy atom. The minimum atomic E-state index is -4.11. The number of benzene rings is 3. The van der Waals surface area contributed by atoms with Gasteiger partial charge in [-0.3, -0.25) is 9.10 Å². The number of halogens is 2. The highest BCUT2D eigenvalue weighted by molar-refractivity contribution is 7.99. The molecule has 0 aliphatic carbocycles. The Morgan fingerprint density at radius 1 is 1.11 bits per heavy atom. The number of rotatable bonds is 6. The first-order valence-corrected chi connectivity index (χ1v) is 14.4. The Balaban J connectivity index is 1.44. The largest absolute Gasteiger partial charge is 0.325 e. The van der Waals surface area contributed by atoms with Crippen LogP contribution in [0.15, 0.2) is 76.9 Å². The normalized spacial score (nSPS) is 13.5. The van der Waals surface area contributed by atoms with Crippen molar-refractivity contribution >= 4 is 50.7 Å². The maximum atomic E-state index is 14.4. The smallest absolute Gasteiger partial charge is 0.268 e. The Bertz CT molecular complexity index is 1680. The average Bonchev–Trinajstić information content (AvgIpc) is 2.89. The standard InChI is InChI=1S/C27H22ClFN4O3S2/c1-16-6-5-9-22(17(16)2)31-25(34)15-37-27-30-13-24-26(32-27)20-12-19(28)10-11-23(20)33(38(24,35)36)14-18-7-3-4-8-21(18)29/h3-13H,14-15H2,1-2H3,(H,31,34). The van der Waals surface area contributed by atoms with E-state index in [0.29, 0.717) is 16.3 Å². The van der Waals surface area contributed by atoms with Crippen LogP contribution in [0.3, 0.4) is 0 Å². The number of fused-ring (bicyclic) bond motifs is 3. The summed E-state index contributed by atoms with van der Waals surface area (Å²) in [6.07, 6.45) is 1.22. The molecule has 2 heterocycles. The van der Waals surface area contributed by atoms with Crippen LogP contribution in [0.1, 0.15) is 16.7 Å². The van der Waals surface area contributed by atoms with E-state index in [1.54, 1.807) is 30.3 Å². The molecule has 4 aromatic rings. The molecule has 1 aromatic heterocycles. The number of aromatic nitrogens is 2. The SMILES string of the molecule is Cc1cccc(NC(=O)CSc2ncc3c(n2)-c2cc(Cl)ccc2N(Cc2ccccc2F)S3(=O)=O)c1C. The van der Waals surface area contributed by atoms with Gasteiger partial charge in [-0.1, -0.05) is 53.7 Å². The third-order valence-corrected chi connectivity index (χ3v) is 9.12. The number of carbonyl (C=O) groups excluding carboxylic acids is 1. The topological polar surface area (TPSA) is 92.3 Å². The molecule has 1 aliphatic heterocycles. The molecule has 0 spiro atoms. The van der Waals surface area contributed by atoms with Gasteiger partial charge in [0.1, 0.15) is 10.7 Å². The first kappa shape index (κ1) is 26.1. The molecule has 3 aromatic carbocycles. The van der Waals surface area contributed by atoms with Gasteiger partial charge in [-0.05, 0) is 55.3 Å². The minimum absolute atomic E-state index is 0.0285. The van der Waals surface area contributed by atoms with Crippen molar-refractivity contribution in [2.45, 2.75) is 30.4 Å². The average molecular weight is 569 g/mol. The van der Waals surface area contributed by atoms with Gasteiger partial charge in [0, 0.05) is 21.8 Å². The number of nitrogens with zero attached hydrogens (tertiary/aromatic N) is 3. The van der Waals surface area contributed by atoms with E-state index in [2.05, 4.69) is 15.3 Å². The van der Waals surface area contributed by atoms with E-state index in [-0.39, 0.29) is 39.5 Å². The van der Waals surface area contributed by atoms with Gasteiger partial charge in [-0.15, -0.1) is 0 Å². The molecule has 0 saturated carbocycles. The highest BCUT2D eigenvalue weighted by atomic mass is 35.5. The molecular formula is C27H22ClFN4O3S2. The number of nitrogens with one attached hydrogen (secondary N) is 1. The number of thioether (sulfide) groups is 1. The van der Waals surface area contributed by atoms with Crippen LogP contribution in [-0.2, 0) is 21.4 Å². The second-order valence-corrected chi connectivity index (χ2v) is 11.9. The summed E-state index contributed by atoms with van der Waals surface area (Å²) in [6.45, 7) is 3.69. The van der Waals surface area contributed by atoms with E-state index in [1.807, 2.05) is 32.0 Å². The molecule has 0 atom stereocenters. The summed E-state index contributed by atoms with van der Waals surface area (Å²) in [5.41, 5.74) is 3.98. The molecule has 38 heavy (non-hydrogen) atoms. The first-order chi connectivity index (χ1) is 18.1. The van der Waals surface area contributed by atoms with Crippen LogP contribution in [0.2, 0.25) is 5.02 Å². The van der Waals surface area contributed by atoms with Crippen molar-refractivity contribution in [3.63, 3.8) is 0 Å². The Labute approximate surface area is 229 Å². The monoisotopic (exact) mass is 568 g/mol. The molecule has 1 amide bonds. The molecule has 11 heteroatoms. The van der Waals surface area contributed by atoms with Crippen LogP contribution in [-0.4, -0.2) is 30.0 Å². The van der Waals surface area contributed by atoms with Crippen LogP contribution in [0, 0.1) is 19.7 Å². The van der Waals surface area contributed by atoms with E-state index in [1.165, 1.54) is 18.3 Å². The lowest BCUT2D eigenvalue weighted by Gasteiger charge is -2.31. The molecule has 0 bridgehead atoms. The summed E-state index contributed by atoms with van der Waals surface area (Å²) in [6, 6.07) is 16.5. The Morgan fingerprint density at radius 2 is 1.89 bits per heavy atom. The number of carbonyl (C=O) groups is 1. The van der Waals surface area contributed by atoms with E-state index in [4.69, 9.17) is 11.6 Å². The molecule has 0 fully saturated rings. The number of aryl methyl sites for hydroxylation is 1. The van der Waals surface area contributed by atoms with Gasteiger partial charge in [0.15, 0.2) is 5.16 Å². The molecule has 0 radical (unpaired) electrons. The Kier molecular flexibility index (Phi) is 7.13. The number of hydrogen-bond donors (Lipinski definition) is 1. The highest BCUT2D eigenvalue weighted by Crippen LogP contribution is 2.44. The zero-order valence-electron chi connectivity index (χ0n) is 20.4. The summed E-state index contributed by atoms with van der Waals surface area (Å²) in [5, 5.41) is 3.52. The van der Waals surface area contributed by atoms with Crippen molar-refractivity contribution in [1.29, 1.82) is 0 Å². The highest BCUT2D eigenvalue weighted by Gasteiger charge is 2.37. The molecular weight excluding hydrogens is 547 g/mol. The Hall–Kier alpha value is -3.47. The third kappa shape index (κ3) is 4.99. The molecule has 194 valence electrons. The van der Waals surface area contributed by atoms with Gasteiger partial charge in [0.2, 0.25) is 5.91 Å².